The van der Waals surface area contributed by atoms with Crippen LogP contribution < -0.4 is 24.6 Å². The highest BCUT2D eigenvalue weighted by Gasteiger charge is 2.28. The molecule has 5 aromatic heterocycles. The number of aromatic amines is 3. The average Bonchev–Trinajstić information content (AvgIpc) is 1.65. The van der Waals surface area contributed by atoms with Crippen molar-refractivity contribution in [3.8, 4) is 5.75 Å². The average molecular weight is 1310 g/mol. The zero-order chi connectivity index (χ0) is 65.2. The molecule has 3 fully saturated rings. The van der Waals surface area contributed by atoms with Gasteiger partial charge in [0.2, 0.25) is 36.0 Å². The number of sulfonamides is 3. The summed E-state index contributed by atoms with van der Waals surface area (Å²) in [5.41, 5.74) is 12.2. The van der Waals surface area contributed by atoms with Crippen LogP contribution in [0.3, 0.4) is 0 Å². The molecule has 0 unspecified atom stereocenters. The van der Waals surface area contributed by atoms with Crippen LogP contribution >= 0.6 is 0 Å². The maximum atomic E-state index is 11.6. The first kappa shape index (κ1) is 66.0. The second-order valence-corrected chi connectivity index (χ2v) is 28.7. The first-order valence-electron chi connectivity index (χ1n) is 30.2. The van der Waals surface area contributed by atoms with E-state index in [1.54, 1.807) is 17.4 Å². The van der Waals surface area contributed by atoms with E-state index < -0.39 is 30.1 Å². The van der Waals surface area contributed by atoms with E-state index in [-0.39, 0.29) is 19.1 Å². The number of fused-ring (bicyclic) bond motifs is 5. The molecule has 0 atom stereocenters. The van der Waals surface area contributed by atoms with Crippen molar-refractivity contribution >= 4 is 113 Å². The Balaban J connectivity index is 0.000000126. The number of carbonyl (C=O) groups excluding carboxylic acids is 1. The number of benzene rings is 6. The van der Waals surface area contributed by atoms with Crippen LogP contribution in [0.5, 0.6) is 5.75 Å². The van der Waals surface area contributed by atoms with Crippen molar-refractivity contribution in [3.05, 3.63) is 157 Å². The Morgan fingerprint density at radius 2 is 1.09 bits per heavy atom. The van der Waals surface area contributed by atoms with Crippen molar-refractivity contribution in [2.75, 3.05) is 112 Å². The third-order valence-corrected chi connectivity index (χ3v) is 19.9. The fraction of sp³-hybridized carbons (Fsp3) is 0.344. The van der Waals surface area contributed by atoms with Crippen molar-refractivity contribution < 1.29 is 34.8 Å². The minimum absolute atomic E-state index is 0.165. The second-order valence-electron chi connectivity index (χ2n) is 22.9. The number of carbonyl (C=O) groups is 1. The highest BCUT2D eigenvalue weighted by molar-refractivity contribution is 7.89. The van der Waals surface area contributed by atoms with E-state index in [4.69, 9.17) is 4.74 Å². The summed E-state index contributed by atoms with van der Waals surface area (Å²) in [6, 6.07) is 38.4. The van der Waals surface area contributed by atoms with Crippen LogP contribution in [0.2, 0.25) is 0 Å². The van der Waals surface area contributed by atoms with Crippen molar-refractivity contribution in [3.63, 3.8) is 0 Å². The molecule has 1 amide bonds. The summed E-state index contributed by atoms with van der Waals surface area (Å²) in [6.07, 6.45) is 14.5. The number of nitrogens with zero attached hydrogens (tertiary/aromatic N) is 12. The molecule has 0 spiro atoms. The molecule has 25 nitrogen and oxygen atoms in total. The predicted octanol–water partition coefficient (Wildman–Crippen LogP) is 7.70. The Hall–Kier alpha value is -8.93. The van der Waals surface area contributed by atoms with Crippen molar-refractivity contribution in [2.24, 2.45) is 14.1 Å². The van der Waals surface area contributed by atoms with Gasteiger partial charge in [0.1, 0.15) is 12.4 Å². The van der Waals surface area contributed by atoms with Gasteiger partial charge in [-0.05, 0) is 85.3 Å². The normalized spacial score (nSPS) is 15.3. The van der Waals surface area contributed by atoms with Crippen molar-refractivity contribution in [1.82, 2.24) is 68.4 Å². The fourth-order valence-corrected chi connectivity index (χ4v) is 13.9. The molecule has 92 heavy (non-hydrogen) atoms. The summed E-state index contributed by atoms with van der Waals surface area (Å²) in [6.45, 7) is 11.3. The van der Waals surface area contributed by atoms with Crippen LogP contribution in [-0.2, 0) is 49.0 Å². The molecule has 3 aliphatic heterocycles. The van der Waals surface area contributed by atoms with Crippen molar-refractivity contribution in [2.45, 2.75) is 32.6 Å². The number of hydrogen-bond donors (Lipinski definition) is 5. The third kappa shape index (κ3) is 16.4. The minimum Gasteiger partial charge on any atom is -0.491 e. The molecule has 0 radical (unpaired) electrons. The van der Waals surface area contributed by atoms with Gasteiger partial charge < -0.3 is 24.8 Å². The number of hydrogen-bond acceptors (Lipinski definition) is 16. The lowest BCUT2D eigenvalue weighted by molar-refractivity contribution is -0.129. The van der Waals surface area contributed by atoms with Gasteiger partial charge in [-0.3, -0.25) is 29.5 Å². The lowest BCUT2D eigenvalue weighted by Crippen LogP contribution is -2.48. The first-order valence-corrected chi connectivity index (χ1v) is 35.8. The first-order chi connectivity index (χ1) is 44.1. The molecule has 11 aromatic rings. The van der Waals surface area contributed by atoms with Gasteiger partial charge in [0.05, 0.1) is 94.1 Å². The van der Waals surface area contributed by atoms with Gasteiger partial charge >= 0.3 is 0 Å². The molecule has 8 heterocycles. The van der Waals surface area contributed by atoms with Gasteiger partial charge in [0.25, 0.3) is 0 Å². The van der Waals surface area contributed by atoms with Gasteiger partial charge in [0.15, 0.2) is 0 Å². The number of piperazine rings is 2. The van der Waals surface area contributed by atoms with E-state index in [0.717, 1.165) is 106 Å². The van der Waals surface area contributed by atoms with Crippen LogP contribution in [-0.4, -0.2) is 192 Å². The van der Waals surface area contributed by atoms with Crippen molar-refractivity contribution in [1.29, 1.82) is 0 Å². The van der Waals surface area contributed by atoms with Gasteiger partial charge in [0, 0.05) is 126 Å². The van der Waals surface area contributed by atoms with E-state index in [2.05, 4.69) is 104 Å². The second kappa shape index (κ2) is 29.1. The van der Waals surface area contributed by atoms with E-state index in [9.17, 15) is 30.0 Å². The number of aromatic nitrogens is 10. The number of anilines is 4. The zero-order valence-electron chi connectivity index (χ0n) is 52.7. The van der Waals surface area contributed by atoms with Crippen LogP contribution in [0.4, 0.5) is 22.7 Å². The smallest absolute Gasteiger partial charge is 0.219 e. The number of aryl methyl sites for hydroxylation is 3. The summed E-state index contributed by atoms with van der Waals surface area (Å²) in [5.74, 6) is 1.26. The number of piperidine rings is 1. The quantitative estimate of drug-likeness (QED) is 0.0732. The Morgan fingerprint density at radius 3 is 1.66 bits per heavy atom. The Morgan fingerprint density at radius 1 is 0.565 bits per heavy atom. The Labute approximate surface area is 535 Å². The highest BCUT2D eigenvalue weighted by atomic mass is 32.2. The summed E-state index contributed by atoms with van der Waals surface area (Å²) >= 11 is 0. The number of H-pyrrole nitrogens is 3. The number of rotatable bonds is 12. The predicted molar refractivity (Wildman–Crippen MR) is 364 cm³/mol. The van der Waals surface area contributed by atoms with Crippen LogP contribution in [0, 0.1) is 6.92 Å². The summed E-state index contributed by atoms with van der Waals surface area (Å²) in [7, 11) is -5.40. The summed E-state index contributed by atoms with van der Waals surface area (Å²) < 4.78 is 82.6. The molecule has 14 rings (SSSR count). The number of para-hydroxylation sites is 3. The third-order valence-electron chi connectivity index (χ3n) is 16.5. The van der Waals surface area contributed by atoms with Crippen LogP contribution in [0.1, 0.15) is 36.8 Å². The van der Waals surface area contributed by atoms with E-state index in [0.29, 0.717) is 50.9 Å². The van der Waals surface area contributed by atoms with Gasteiger partial charge in [-0.1, -0.05) is 66.7 Å². The summed E-state index contributed by atoms with van der Waals surface area (Å²) in [4.78, 5) is 17.8. The zero-order valence-corrected chi connectivity index (χ0v) is 55.1. The van der Waals surface area contributed by atoms with E-state index in [1.807, 2.05) is 132 Å². The monoisotopic (exact) mass is 1310 g/mol. The lowest BCUT2D eigenvalue weighted by Gasteiger charge is -2.36. The molecule has 0 saturated carbocycles. The molecule has 6 aromatic carbocycles. The number of ether oxygens (including phenoxy) is 1. The topological polar surface area (TPSA) is 291 Å². The van der Waals surface area contributed by atoms with Gasteiger partial charge in [-0.25, -0.2) is 34.3 Å². The minimum atomic E-state index is -3.16. The molecular weight excluding hydrogens is 1230 g/mol. The molecule has 486 valence electrons. The molecule has 3 aliphatic rings. The molecule has 5 N–H and O–H groups in total. The Kier molecular flexibility index (Phi) is 20.9. The van der Waals surface area contributed by atoms with Crippen LogP contribution in [0.25, 0.3) is 54.5 Å². The molecule has 3 saturated heterocycles. The summed E-state index contributed by atoms with van der Waals surface area (Å²) in [5, 5.41) is 38.3. The number of amides is 1. The fourth-order valence-electron chi connectivity index (χ4n) is 11.7. The molecule has 0 bridgehead atoms. The largest absolute Gasteiger partial charge is 0.491 e. The van der Waals surface area contributed by atoms with E-state index >= 15 is 0 Å². The van der Waals surface area contributed by atoms with Gasteiger partial charge in [-0.15, -0.1) is 0 Å². The Bertz CT molecular complexity index is 4640. The lowest BCUT2D eigenvalue weighted by atomic mass is 9.87. The maximum Gasteiger partial charge on any atom is 0.219 e. The van der Waals surface area contributed by atoms with E-state index in [1.165, 1.54) is 44.5 Å². The van der Waals surface area contributed by atoms with Gasteiger partial charge in [-0.2, -0.15) is 29.8 Å². The standard InChI is InChI=1S/C14H18N4O.C14H19N3O2S.C13H18N4O2S.C13H11N3.C10H13N3O3S/c1-11(19)17-6-8-18(9-7-17)13-5-3-4-12-10-15-16(2)14(12)13;1-10-3-4-12(13-9-15-16-14(10)13)11-5-7-17(8-6-11)20(2,18)19;1-15-13-11(10-14-15)4-3-5-12(13)16-6-8-17(9-7-16)20(2,18)19;1-2-5-10(6-3-1)15-12-7-4-8-13-11(12)9-14-16-13;1-17(14,15)12-5-6-16-10-4-2-3-9-8(10)7-11-13-9/h3-5,10H,6-9H2,1-2H3;3-4,9,11H,5-8H2,1-2H3,(H,15,16);3-5,10H,6-9H2,1-2H3;1-9,15H,(H,14,16);2-4,7,12H,5-6H2,1H3,(H,11,13). The number of nitrogens with one attached hydrogen (secondary N) is 5. The molecule has 0 aliphatic carbocycles. The SMILES string of the molecule is CC(=O)N1CCN(c2cccc3cnn(C)c23)CC1.CS(=O)(=O)NCCOc1cccc2[nH]ncc12.Cc1ccc(C2CCN(S(C)(=O)=O)CC2)c2cn[nH]c12.Cn1ncc2cccc(N3CCN(S(C)(=O)=O)CC3)c21.c1ccc(Nc2cccc3[nH]ncc23)cc1. The molecule has 28 heteroatoms. The molecular formula is C64H79N17O8S3. The van der Waals surface area contributed by atoms with Crippen LogP contribution in [0.15, 0.2) is 146 Å². The maximum absolute atomic E-state index is 11.6. The highest BCUT2D eigenvalue weighted by Crippen LogP contribution is 2.35.